The van der Waals surface area contributed by atoms with Gasteiger partial charge in [-0.1, -0.05) is 45.0 Å². The standard InChI is InChI=1S/C29H38N2O5/c1-19(32)31-17-24(20-9-12-23(35-5)13-10-20)28-25(31)7-6-14-30(28)16-21-8-11-22(29(2,3)4)15-26(21)36-18-27(33)34/h8-13,15,24-25,28H,6-7,14,16-18H2,1-5H3,(H,33,34)/t24-,25-,28-/m1/s1. The van der Waals surface area contributed by atoms with Crippen LogP contribution in [0.3, 0.4) is 0 Å². The Labute approximate surface area is 214 Å². The zero-order valence-corrected chi connectivity index (χ0v) is 22.0. The van der Waals surface area contributed by atoms with E-state index in [2.05, 4.69) is 49.9 Å². The summed E-state index contributed by atoms with van der Waals surface area (Å²) >= 11 is 0. The second-order valence-electron chi connectivity index (χ2n) is 11.0. The monoisotopic (exact) mass is 494 g/mol. The number of carboxylic acid groups (broad SMARTS) is 1. The number of likely N-dealkylation sites (tertiary alicyclic amines) is 2. The summed E-state index contributed by atoms with van der Waals surface area (Å²) in [5.41, 5.74) is 3.19. The van der Waals surface area contributed by atoms with Crippen molar-refractivity contribution in [1.29, 1.82) is 0 Å². The summed E-state index contributed by atoms with van der Waals surface area (Å²) in [6, 6.07) is 14.7. The quantitative estimate of drug-likeness (QED) is 0.613. The highest BCUT2D eigenvalue weighted by molar-refractivity contribution is 5.74. The van der Waals surface area contributed by atoms with Crippen LogP contribution in [0, 0.1) is 0 Å². The topological polar surface area (TPSA) is 79.3 Å². The molecule has 2 aromatic rings. The number of benzene rings is 2. The Morgan fingerprint density at radius 3 is 2.44 bits per heavy atom. The van der Waals surface area contributed by atoms with E-state index in [-0.39, 0.29) is 35.9 Å². The van der Waals surface area contributed by atoms with Crippen molar-refractivity contribution < 1.29 is 24.2 Å². The third-order valence-electron chi connectivity index (χ3n) is 7.57. The Kier molecular flexibility index (Phi) is 7.59. The van der Waals surface area contributed by atoms with Crippen molar-refractivity contribution in [3.8, 4) is 11.5 Å². The molecule has 2 saturated heterocycles. The Morgan fingerprint density at radius 2 is 1.83 bits per heavy atom. The van der Waals surface area contributed by atoms with Gasteiger partial charge in [0.2, 0.25) is 5.91 Å². The molecular weight excluding hydrogens is 456 g/mol. The second kappa shape index (κ2) is 10.5. The van der Waals surface area contributed by atoms with Crippen LogP contribution in [0.2, 0.25) is 0 Å². The van der Waals surface area contributed by atoms with Crippen LogP contribution in [0.5, 0.6) is 11.5 Å². The number of aliphatic carboxylic acids is 1. The third kappa shape index (κ3) is 5.51. The molecular formula is C29H38N2O5. The van der Waals surface area contributed by atoms with Crippen LogP contribution < -0.4 is 9.47 Å². The van der Waals surface area contributed by atoms with E-state index < -0.39 is 5.97 Å². The summed E-state index contributed by atoms with van der Waals surface area (Å²) in [4.78, 5) is 28.4. The zero-order chi connectivity index (χ0) is 26.0. The summed E-state index contributed by atoms with van der Waals surface area (Å²) in [5, 5.41) is 9.24. The van der Waals surface area contributed by atoms with Crippen LogP contribution in [0.15, 0.2) is 42.5 Å². The predicted octanol–water partition coefficient (Wildman–Crippen LogP) is 4.44. The lowest BCUT2D eigenvalue weighted by Gasteiger charge is -2.41. The summed E-state index contributed by atoms with van der Waals surface area (Å²) in [7, 11) is 1.66. The maximum absolute atomic E-state index is 12.6. The molecule has 2 aliphatic rings. The molecule has 36 heavy (non-hydrogen) atoms. The smallest absolute Gasteiger partial charge is 0.341 e. The van der Waals surface area contributed by atoms with Crippen LogP contribution in [0.25, 0.3) is 0 Å². The van der Waals surface area contributed by atoms with E-state index in [1.165, 1.54) is 5.56 Å². The Bertz CT molecular complexity index is 1090. The molecule has 0 aromatic heterocycles. The van der Waals surface area contributed by atoms with Gasteiger partial charge >= 0.3 is 5.97 Å². The fraction of sp³-hybridized carbons (Fsp3) is 0.517. The number of nitrogens with zero attached hydrogens (tertiary/aromatic N) is 2. The normalized spacial score (nSPS) is 22.2. The maximum Gasteiger partial charge on any atom is 0.341 e. The van der Waals surface area contributed by atoms with Gasteiger partial charge in [-0.15, -0.1) is 0 Å². The predicted molar refractivity (Wildman–Crippen MR) is 139 cm³/mol. The Hall–Kier alpha value is -3.06. The van der Waals surface area contributed by atoms with Gasteiger partial charge in [0.1, 0.15) is 11.5 Å². The first kappa shape index (κ1) is 26.0. The lowest BCUT2D eigenvalue weighted by Crippen LogP contribution is -2.51. The summed E-state index contributed by atoms with van der Waals surface area (Å²) < 4.78 is 11.1. The van der Waals surface area contributed by atoms with Crippen LogP contribution in [-0.2, 0) is 21.5 Å². The molecule has 0 radical (unpaired) electrons. The molecule has 0 saturated carbocycles. The minimum atomic E-state index is -0.993. The number of rotatable bonds is 7. The van der Waals surface area contributed by atoms with Crippen molar-refractivity contribution in [2.45, 2.75) is 70.5 Å². The van der Waals surface area contributed by atoms with Crippen LogP contribution >= 0.6 is 0 Å². The molecule has 0 aliphatic carbocycles. The lowest BCUT2D eigenvalue weighted by molar-refractivity contribution is -0.139. The Morgan fingerprint density at radius 1 is 1.11 bits per heavy atom. The van der Waals surface area contributed by atoms with Crippen LogP contribution in [-0.4, -0.2) is 65.7 Å². The van der Waals surface area contributed by atoms with Crippen LogP contribution in [0.4, 0.5) is 0 Å². The van der Waals surface area contributed by atoms with Gasteiger partial charge in [0.25, 0.3) is 0 Å². The molecule has 0 spiro atoms. The van der Waals surface area contributed by atoms with Gasteiger partial charge in [-0.05, 0) is 54.1 Å². The van der Waals surface area contributed by atoms with Crippen molar-refractivity contribution >= 4 is 11.9 Å². The number of carbonyl (C=O) groups excluding carboxylic acids is 1. The molecule has 194 valence electrons. The third-order valence-corrected chi connectivity index (χ3v) is 7.57. The van der Waals surface area contributed by atoms with Gasteiger partial charge in [0, 0.05) is 43.6 Å². The fourth-order valence-electron chi connectivity index (χ4n) is 5.73. The molecule has 2 aromatic carbocycles. The van der Waals surface area contributed by atoms with Gasteiger partial charge in [-0.25, -0.2) is 4.79 Å². The van der Waals surface area contributed by atoms with Crippen molar-refractivity contribution in [2.75, 3.05) is 26.8 Å². The number of methoxy groups -OCH3 is 1. The number of ether oxygens (including phenoxy) is 2. The van der Waals surface area contributed by atoms with Gasteiger partial charge in [0.15, 0.2) is 6.61 Å². The van der Waals surface area contributed by atoms with Crippen molar-refractivity contribution in [3.05, 3.63) is 59.2 Å². The first-order valence-corrected chi connectivity index (χ1v) is 12.7. The highest BCUT2D eigenvalue weighted by Crippen LogP contribution is 2.42. The largest absolute Gasteiger partial charge is 0.497 e. The van der Waals surface area contributed by atoms with Gasteiger partial charge in [-0.3, -0.25) is 9.69 Å². The minimum Gasteiger partial charge on any atom is -0.497 e. The second-order valence-corrected chi connectivity index (χ2v) is 11.0. The maximum atomic E-state index is 12.6. The van der Waals surface area contributed by atoms with E-state index in [9.17, 15) is 14.7 Å². The molecule has 7 nitrogen and oxygen atoms in total. The van der Waals surface area contributed by atoms with Crippen molar-refractivity contribution in [3.63, 3.8) is 0 Å². The zero-order valence-electron chi connectivity index (χ0n) is 22.0. The average Bonchev–Trinajstić information content (AvgIpc) is 3.24. The molecule has 7 heteroatoms. The number of amides is 1. The van der Waals surface area contributed by atoms with Crippen molar-refractivity contribution in [1.82, 2.24) is 9.80 Å². The first-order chi connectivity index (χ1) is 17.1. The van der Waals surface area contributed by atoms with E-state index >= 15 is 0 Å². The molecule has 1 N–H and O–H groups in total. The molecule has 0 bridgehead atoms. The molecule has 1 amide bonds. The van der Waals surface area contributed by atoms with E-state index in [0.717, 1.165) is 36.3 Å². The van der Waals surface area contributed by atoms with Gasteiger partial charge < -0.3 is 19.5 Å². The summed E-state index contributed by atoms with van der Waals surface area (Å²) in [5.74, 6) is 0.739. The number of piperidine rings is 1. The van der Waals surface area contributed by atoms with E-state index in [1.54, 1.807) is 14.0 Å². The summed E-state index contributed by atoms with van der Waals surface area (Å²) in [6.07, 6.45) is 1.99. The highest BCUT2D eigenvalue weighted by Gasteiger charge is 2.48. The molecule has 2 heterocycles. The van der Waals surface area contributed by atoms with Crippen molar-refractivity contribution in [2.24, 2.45) is 0 Å². The Balaban J connectivity index is 1.67. The number of carbonyl (C=O) groups is 2. The average molecular weight is 495 g/mol. The van der Waals surface area contributed by atoms with E-state index in [0.29, 0.717) is 18.8 Å². The number of hydrogen-bond donors (Lipinski definition) is 1. The van der Waals surface area contributed by atoms with E-state index in [1.807, 2.05) is 23.1 Å². The van der Waals surface area contributed by atoms with E-state index in [4.69, 9.17) is 9.47 Å². The molecule has 3 atom stereocenters. The van der Waals surface area contributed by atoms with Gasteiger partial charge in [0.05, 0.1) is 7.11 Å². The molecule has 2 fully saturated rings. The number of fused-ring (bicyclic) bond motifs is 1. The van der Waals surface area contributed by atoms with Crippen LogP contribution in [0.1, 0.15) is 63.1 Å². The first-order valence-electron chi connectivity index (χ1n) is 12.7. The molecule has 2 aliphatic heterocycles. The fourth-order valence-corrected chi connectivity index (χ4v) is 5.73. The lowest BCUT2D eigenvalue weighted by atomic mass is 9.85. The summed E-state index contributed by atoms with van der Waals surface area (Å²) in [6.45, 7) is 9.93. The SMILES string of the molecule is COc1ccc([C@H]2CN(C(C)=O)[C@@H]3CCCN(Cc4ccc(C(C)(C)C)cc4OCC(=O)O)[C@H]23)cc1. The highest BCUT2D eigenvalue weighted by atomic mass is 16.5. The minimum absolute atomic E-state index is 0.0804. The number of carboxylic acids is 1. The number of hydrogen-bond acceptors (Lipinski definition) is 5. The molecule has 0 unspecified atom stereocenters. The molecule has 4 rings (SSSR count). The van der Waals surface area contributed by atoms with Gasteiger partial charge in [-0.2, -0.15) is 0 Å².